The molecule has 0 spiro atoms. The van der Waals surface area contributed by atoms with Gasteiger partial charge in [-0.3, -0.25) is 14.6 Å². The summed E-state index contributed by atoms with van der Waals surface area (Å²) in [5.74, 6) is -0.579. The number of nitrogens with one attached hydrogen (secondary N) is 2. The molecule has 1 aromatic heterocycles. The van der Waals surface area contributed by atoms with Gasteiger partial charge in [0, 0.05) is 6.54 Å². The molecule has 7 heteroatoms. The first-order valence-electron chi connectivity index (χ1n) is 4.76. The zero-order chi connectivity index (χ0) is 12.0. The summed E-state index contributed by atoms with van der Waals surface area (Å²) < 4.78 is 0. The van der Waals surface area contributed by atoms with E-state index in [0.717, 1.165) is 0 Å². The van der Waals surface area contributed by atoms with E-state index in [1.54, 1.807) is 0 Å². The number of primary amides is 1. The number of anilines is 1. The minimum atomic E-state index is -0.607. The monoisotopic (exact) mass is 223 g/mol. The highest BCUT2D eigenvalue weighted by Gasteiger charge is 2.08. The van der Waals surface area contributed by atoms with Gasteiger partial charge in [0.1, 0.15) is 11.5 Å². The van der Waals surface area contributed by atoms with Crippen LogP contribution in [0, 0.1) is 0 Å². The van der Waals surface area contributed by atoms with E-state index in [4.69, 9.17) is 5.73 Å². The van der Waals surface area contributed by atoms with Crippen molar-refractivity contribution in [3.63, 3.8) is 0 Å². The van der Waals surface area contributed by atoms with Crippen LogP contribution in [0.15, 0.2) is 12.4 Å². The number of carbonyl (C=O) groups excluding carboxylic acids is 2. The molecule has 0 aliphatic heterocycles. The first-order chi connectivity index (χ1) is 7.63. The molecular weight excluding hydrogens is 210 g/mol. The molecule has 0 fully saturated rings. The Kier molecular flexibility index (Phi) is 4.19. The van der Waals surface area contributed by atoms with Gasteiger partial charge in [0.15, 0.2) is 0 Å². The minimum absolute atomic E-state index is 0.139. The second-order valence-electron chi connectivity index (χ2n) is 2.97. The fourth-order valence-corrected chi connectivity index (χ4v) is 1.000. The zero-order valence-corrected chi connectivity index (χ0v) is 8.86. The van der Waals surface area contributed by atoms with E-state index in [1.807, 2.05) is 6.92 Å². The number of carbonyl (C=O) groups is 2. The topological polar surface area (TPSA) is 110 Å². The van der Waals surface area contributed by atoms with Gasteiger partial charge >= 0.3 is 0 Å². The fourth-order valence-electron chi connectivity index (χ4n) is 1.000. The predicted octanol–water partition coefficient (Wildman–Crippen LogP) is -0.876. The molecule has 86 valence electrons. The predicted molar refractivity (Wildman–Crippen MR) is 57.7 cm³/mol. The fraction of sp³-hybridized carbons (Fsp3) is 0.333. The first kappa shape index (κ1) is 11.9. The quantitative estimate of drug-likeness (QED) is 0.600. The number of aromatic nitrogens is 2. The highest BCUT2D eigenvalue weighted by Crippen LogP contribution is 2.01. The Labute approximate surface area is 92.5 Å². The van der Waals surface area contributed by atoms with Gasteiger partial charge < -0.3 is 16.4 Å². The van der Waals surface area contributed by atoms with Gasteiger partial charge in [-0.1, -0.05) is 0 Å². The van der Waals surface area contributed by atoms with Crippen LogP contribution in [0.2, 0.25) is 0 Å². The van der Waals surface area contributed by atoms with Crippen LogP contribution >= 0.6 is 0 Å². The van der Waals surface area contributed by atoms with E-state index >= 15 is 0 Å². The van der Waals surface area contributed by atoms with E-state index in [9.17, 15) is 9.59 Å². The smallest absolute Gasteiger partial charge is 0.272 e. The lowest BCUT2D eigenvalue weighted by atomic mass is 10.4. The highest BCUT2D eigenvalue weighted by molar-refractivity contribution is 5.94. The van der Waals surface area contributed by atoms with Crippen molar-refractivity contribution in [2.45, 2.75) is 6.92 Å². The number of nitrogens with two attached hydrogens (primary N) is 1. The maximum Gasteiger partial charge on any atom is 0.272 e. The van der Waals surface area contributed by atoms with Crippen LogP contribution in [0.25, 0.3) is 0 Å². The second-order valence-corrected chi connectivity index (χ2v) is 2.97. The molecule has 16 heavy (non-hydrogen) atoms. The Balaban J connectivity index is 2.67. The molecule has 4 N–H and O–H groups in total. The van der Waals surface area contributed by atoms with Gasteiger partial charge in [-0.2, -0.15) is 0 Å². The lowest BCUT2D eigenvalue weighted by Crippen LogP contribution is -2.33. The molecule has 0 unspecified atom stereocenters. The first-order valence-corrected chi connectivity index (χ1v) is 4.76. The third kappa shape index (κ3) is 3.52. The van der Waals surface area contributed by atoms with Crippen LogP contribution in [0.5, 0.6) is 0 Å². The molecule has 7 nitrogen and oxygen atoms in total. The van der Waals surface area contributed by atoms with Crippen molar-refractivity contribution < 1.29 is 9.59 Å². The van der Waals surface area contributed by atoms with E-state index in [2.05, 4.69) is 20.6 Å². The second kappa shape index (κ2) is 5.64. The van der Waals surface area contributed by atoms with Crippen molar-refractivity contribution >= 4 is 17.6 Å². The number of hydrogen-bond acceptors (Lipinski definition) is 5. The largest absolute Gasteiger partial charge is 0.369 e. The number of rotatable bonds is 5. The van der Waals surface area contributed by atoms with Crippen LogP contribution in [0.4, 0.5) is 5.82 Å². The summed E-state index contributed by atoms with van der Waals surface area (Å²) in [6.07, 6.45) is 2.82. The molecule has 0 bridgehead atoms. The Bertz CT molecular complexity index is 393. The maximum atomic E-state index is 11.5. The van der Waals surface area contributed by atoms with Crippen molar-refractivity contribution in [2.24, 2.45) is 5.73 Å². The maximum absolute atomic E-state index is 11.5. The molecule has 2 amide bonds. The molecule has 0 aliphatic carbocycles. The summed E-state index contributed by atoms with van der Waals surface area (Å²) in [4.78, 5) is 29.8. The van der Waals surface area contributed by atoms with Gasteiger partial charge in [-0.05, 0) is 6.92 Å². The normalized spacial score (nSPS) is 9.56. The molecule has 0 atom stereocenters. The molecule has 1 heterocycles. The third-order valence-corrected chi connectivity index (χ3v) is 1.65. The molecule has 1 rings (SSSR count). The summed E-state index contributed by atoms with van der Waals surface area (Å²) in [5, 5.41) is 5.25. The molecule has 0 radical (unpaired) electrons. The molecule has 0 saturated heterocycles. The van der Waals surface area contributed by atoms with Crippen molar-refractivity contribution in [1.29, 1.82) is 0 Å². The Morgan fingerprint density at radius 2 is 2.19 bits per heavy atom. The molecular formula is C9H13N5O2. The van der Waals surface area contributed by atoms with Gasteiger partial charge in [-0.25, -0.2) is 4.98 Å². The van der Waals surface area contributed by atoms with Crippen molar-refractivity contribution in [2.75, 3.05) is 18.4 Å². The van der Waals surface area contributed by atoms with Gasteiger partial charge in [0.2, 0.25) is 5.91 Å². The van der Waals surface area contributed by atoms with E-state index < -0.39 is 11.8 Å². The highest BCUT2D eigenvalue weighted by atomic mass is 16.2. The average molecular weight is 223 g/mol. The Hall–Kier alpha value is -2.18. The molecule has 0 aliphatic rings. The SMILES string of the molecule is CCNc1cncc(C(=O)NCC(N)=O)n1. The van der Waals surface area contributed by atoms with Gasteiger partial charge in [0.05, 0.1) is 18.9 Å². The van der Waals surface area contributed by atoms with Gasteiger partial charge in [-0.15, -0.1) is 0 Å². The Morgan fingerprint density at radius 3 is 2.81 bits per heavy atom. The summed E-state index contributed by atoms with van der Waals surface area (Å²) in [7, 11) is 0. The van der Waals surface area contributed by atoms with Gasteiger partial charge in [0.25, 0.3) is 5.91 Å². The number of nitrogens with zero attached hydrogens (tertiary/aromatic N) is 2. The molecule has 0 aromatic carbocycles. The summed E-state index contributed by atoms with van der Waals surface area (Å²) in [6.45, 7) is 2.37. The summed E-state index contributed by atoms with van der Waals surface area (Å²) in [6, 6.07) is 0. The van der Waals surface area contributed by atoms with Crippen LogP contribution < -0.4 is 16.4 Å². The van der Waals surface area contributed by atoms with Crippen LogP contribution in [0.1, 0.15) is 17.4 Å². The molecule has 1 aromatic rings. The standard InChI is InChI=1S/C9H13N5O2/c1-2-12-8-5-11-3-6(14-8)9(16)13-4-7(10)15/h3,5H,2,4H2,1H3,(H2,10,15)(H,12,14)(H,13,16). The van der Waals surface area contributed by atoms with Crippen LogP contribution in [0.3, 0.4) is 0 Å². The van der Waals surface area contributed by atoms with E-state index in [1.165, 1.54) is 12.4 Å². The van der Waals surface area contributed by atoms with Crippen LogP contribution in [-0.4, -0.2) is 34.9 Å². The lowest BCUT2D eigenvalue weighted by molar-refractivity contribution is -0.117. The van der Waals surface area contributed by atoms with Crippen molar-refractivity contribution in [3.8, 4) is 0 Å². The van der Waals surface area contributed by atoms with Crippen molar-refractivity contribution in [3.05, 3.63) is 18.1 Å². The lowest BCUT2D eigenvalue weighted by Gasteiger charge is -2.04. The summed E-state index contributed by atoms with van der Waals surface area (Å²) in [5.41, 5.74) is 5.03. The Morgan fingerprint density at radius 1 is 1.44 bits per heavy atom. The zero-order valence-electron chi connectivity index (χ0n) is 8.86. The minimum Gasteiger partial charge on any atom is -0.369 e. The summed E-state index contributed by atoms with van der Waals surface area (Å²) >= 11 is 0. The average Bonchev–Trinajstić information content (AvgIpc) is 2.26. The number of amides is 2. The molecule has 0 saturated carbocycles. The van der Waals surface area contributed by atoms with Crippen molar-refractivity contribution in [1.82, 2.24) is 15.3 Å². The van der Waals surface area contributed by atoms with Crippen LogP contribution in [-0.2, 0) is 4.79 Å². The number of hydrogen-bond donors (Lipinski definition) is 3. The van der Waals surface area contributed by atoms with E-state index in [-0.39, 0.29) is 12.2 Å². The third-order valence-electron chi connectivity index (χ3n) is 1.65. The van der Waals surface area contributed by atoms with E-state index in [0.29, 0.717) is 12.4 Å².